The summed E-state index contributed by atoms with van der Waals surface area (Å²) < 4.78 is 1.96. The first-order valence-corrected chi connectivity index (χ1v) is 8.87. The summed E-state index contributed by atoms with van der Waals surface area (Å²) in [6.07, 6.45) is 3.87. The molecule has 1 fully saturated rings. The van der Waals surface area contributed by atoms with Crippen molar-refractivity contribution in [3.05, 3.63) is 41.7 Å². The average molecular weight is 342 g/mol. The Bertz CT molecular complexity index is 714. The molecule has 3 heterocycles. The van der Waals surface area contributed by atoms with Crippen molar-refractivity contribution in [2.45, 2.75) is 46.2 Å². The fourth-order valence-corrected chi connectivity index (χ4v) is 3.36. The number of pyridine rings is 1. The monoisotopic (exact) mass is 342 g/mol. The molecule has 1 saturated heterocycles. The van der Waals surface area contributed by atoms with Crippen LogP contribution < -0.4 is 5.32 Å². The Hall–Kier alpha value is -2.44. The highest BCUT2D eigenvalue weighted by molar-refractivity contribution is 5.74. The van der Waals surface area contributed by atoms with E-state index in [2.05, 4.69) is 20.4 Å². The van der Waals surface area contributed by atoms with Crippen LogP contribution in [0.5, 0.6) is 0 Å². The predicted octanol–water partition coefficient (Wildman–Crippen LogP) is 2.47. The Labute approximate surface area is 148 Å². The maximum Gasteiger partial charge on any atom is 0.317 e. The van der Waals surface area contributed by atoms with Crippen molar-refractivity contribution in [3.8, 4) is 0 Å². The number of likely N-dealkylation sites (tertiary alicyclic amines) is 1. The van der Waals surface area contributed by atoms with Crippen molar-refractivity contribution in [2.24, 2.45) is 5.92 Å². The van der Waals surface area contributed by atoms with Gasteiger partial charge in [0.05, 0.1) is 11.7 Å². The molecule has 1 N–H and O–H groups in total. The second-order valence-corrected chi connectivity index (χ2v) is 6.77. The third-order valence-electron chi connectivity index (χ3n) is 4.67. The summed E-state index contributed by atoms with van der Waals surface area (Å²) in [6, 6.07) is 5.62. The van der Waals surface area contributed by atoms with Crippen LogP contribution in [0.2, 0.25) is 0 Å². The second-order valence-electron chi connectivity index (χ2n) is 6.77. The molecule has 0 aromatic carbocycles. The number of carbonyl (C=O) groups excluding carboxylic acids is 1. The number of carbonyl (C=O) groups is 1. The van der Waals surface area contributed by atoms with Gasteiger partial charge in [0, 0.05) is 25.8 Å². The molecule has 0 spiro atoms. The van der Waals surface area contributed by atoms with E-state index >= 15 is 0 Å². The predicted molar refractivity (Wildman–Crippen MR) is 95.0 cm³/mol. The molecule has 0 radical (unpaired) electrons. The van der Waals surface area contributed by atoms with Crippen LogP contribution in [0.4, 0.5) is 4.79 Å². The topological polar surface area (TPSA) is 75.9 Å². The summed E-state index contributed by atoms with van der Waals surface area (Å²) in [7, 11) is 0. The van der Waals surface area contributed by atoms with Crippen molar-refractivity contribution >= 4 is 6.03 Å². The van der Waals surface area contributed by atoms with Gasteiger partial charge in [0.2, 0.25) is 0 Å². The van der Waals surface area contributed by atoms with Crippen molar-refractivity contribution in [1.82, 2.24) is 30.0 Å². The number of hydrogen-bond donors (Lipinski definition) is 1. The standard InChI is InChI=1S/C18H26N6O/c1-13(17-8-4-5-9-19-17)20-18(25)23-10-6-7-16(11-23)12-24-15(3)21-14(2)22-24/h4-5,8-9,13,16H,6-7,10-12H2,1-3H3,(H,20,25). The van der Waals surface area contributed by atoms with Crippen molar-refractivity contribution in [2.75, 3.05) is 13.1 Å². The van der Waals surface area contributed by atoms with E-state index in [9.17, 15) is 4.79 Å². The Morgan fingerprint density at radius 3 is 2.92 bits per heavy atom. The number of urea groups is 1. The Kier molecular flexibility index (Phi) is 5.31. The number of aromatic nitrogens is 4. The van der Waals surface area contributed by atoms with E-state index in [1.807, 2.05) is 48.6 Å². The van der Waals surface area contributed by atoms with E-state index in [4.69, 9.17) is 0 Å². The lowest BCUT2D eigenvalue weighted by molar-refractivity contribution is 0.155. The highest BCUT2D eigenvalue weighted by atomic mass is 16.2. The SMILES string of the molecule is Cc1nc(C)n(CC2CCCN(C(=O)NC(C)c3ccccn3)C2)n1. The zero-order valence-corrected chi connectivity index (χ0v) is 15.1. The molecule has 1 aliphatic rings. The van der Waals surface area contributed by atoms with E-state index in [0.717, 1.165) is 49.8 Å². The van der Waals surface area contributed by atoms with Crippen molar-refractivity contribution < 1.29 is 4.79 Å². The summed E-state index contributed by atoms with van der Waals surface area (Å²) >= 11 is 0. The van der Waals surface area contributed by atoms with Crippen LogP contribution in [-0.2, 0) is 6.54 Å². The van der Waals surface area contributed by atoms with Gasteiger partial charge in [-0.15, -0.1) is 0 Å². The Balaban J connectivity index is 1.57. The van der Waals surface area contributed by atoms with Gasteiger partial charge in [-0.05, 0) is 51.7 Å². The molecule has 7 heteroatoms. The minimum absolute atomic E-state index is 0.0191. The number of nitrogens with zero attached hydrogens (tertiary/aromatic N) is 5. The minimum atomic E-state index is -0.103. The molecule has 0 aliphatic carbocycles. The number of aryl methyl sites for hydroxylation is 2. The molecule has 2 amide bonds. The maximum absolute atomic E-state index is 12.6. The molecular formula is C18H26N6O. The van der Waals surface area contributed by atoms with Crippen LogP contribution in [0, 0.1) is 19.8 Å². The lowest BCUT2D eigenvalue weighted by atomic mass is 9.98. The normalized spacial score (nSPS) is 18.8. The molecule has 25 heavy (non-hydrogen) atoms. The number of hydrogen-bond acceptors (Lipinski definition) is 4. The van der Waals surface area contributed by atoms with E-state index in [0.29, 0.717) is 5.92 Å². The van der Waals surface area contributed by atoms with Gasteiger partial charge in [-0.1, -0.05) is 6.07 Å². The molecule has 3 rings (SSSR count). The maximum atomic E-state index is 12.6. The lowest BCUT2D eigenvalue weighted by Crippen LogP contribution is -2.47. The van der Waals surface area contributed by atoms with Gasteiger partial charge in [-0.2, -0.15) is 5.10 Å². The quantitative estimate of drug-likeness (QED) is 0.926. The molecular weight excluding hydrogens is 316 g/mol. The number of nitrogens with one attached hydrogen (secondary N) is 1. The molecule has 2 atom stereocenters. The first kappa shape index (κ1) is 17.4. The molecule has 2 unspecified atom stereocenters. The first-order chi connectivity index (χ1) is 12.0. The second kappa shape index (κ2) is 7.63. The van der Waals surface area contributed by atoms with Gasteiger partial charge in [0.25, 0.3) is 0 Å². The largest absolute Gasteiger partial charge is 0.330 e. The van der Waals surface area contributed by atoms with Crippen LogP contribution in [0.25, 0.3) is 0 Å². The fraction of sp³-hybridized carbons (Fsp3) is 0.556. The van der Waals surface area contributed by atoms with Crippen LogP contribution in [-0.4, -0.2) is 43.8 Å². The minimum Gasteiger partial charge on any atom is -0.330 e. The summed E-state index contributed by atoms with van der Waals surface area (Å²) in [5.41, 5.74) is 0.873. The number of amides is 2. The molecule has 134 valence electrons. The van der Waals surface area contributed by atoms with Gasteiger partial charge in [-0.3, -0.25) is 4.98 Å². The van der Waals surface area contributed by atoms with Gasteiger partial charge in [0.15, 0.2) is 0 Å². The molecule has 0 bridgehead atoms. The summed E-state index contributed by atoms with van der Waals surface area (Å²) in [5.74, 6) is 2.14. The van der Waals surface area contributed by atoms with Gasteiger partial charge in [0.1, 0.15) is 11.6 Å². The summed E-state index contributed by atoms with van der Waals surface area (Å²) in [6.45, 7) is 8.20. The zero-order chi connectivity index (χ0) is 17.8. The number of rotatable bonds is 4. The molecule has 1 aliphatic heterocycles. The van der Waals surface area contributed by atoms with Crippen LogP contribution in [0.15, 0.2) is 24.4 Å². The highest BCUT2D eigenvalue weighted by Crippen LogP contribution is 2.19. The Morgan fingerprint density at radius 2 is 2.24 bits per heavy atom. The average Bonchev–Trinajstić information content (AvgIpc) is 2.93. The molecule has 7 nitrogen and oxygen atoms in total. The fourth-order valence-electron chi connectivity index (χ4n) is 3.36. The van der Waals surface area contributed by atoms with Crippen LogP contribution >= 0.6 is 0 Å². The molecule has 2 aromatic rings. The van der Waals surface area contributed by atoms with Gasteiger partial charge < -0.3 is 10.2 Å². The molecule has 0 saturated carbocycles. The number of piperidine rings is 1. The third kappa shape index (κ3) is 4.35. The first-order valence-electron chi connectivity index (χ1n) is 8.87. The van der Waals surface area contributed by atoms with E-state index in [1.54, 1.807) is 6.20 Å². The van der Waals surface area contributed by atoms with E-state index < -0.39 is 0 Å². The van der Waals surface area contributed by atoms with E-state index in [-0.39, 0.29) is 12.1 Å². The smallest absolute Gasteiger partial charge is 0.317 e. The summed E-state index contributed by atoms with van der Waals surface area (Å²) in [4.78, 5) is 23.2. The van der Waals surface area contributed by atoms with Gasteiger partial charge >= 0.3 is 6.03 Å². The van der Waals surface area contributed by atoms with E-state index in [1.165, 1.54) is 0 Å². The molecule has 2 aromatic heterocycles. The Morgan fingerprint density at radius 1 is 1.40 bits per heavy atom. The highest BCUT2D eigenvalue weighted by Gasteiger charge is 2.25. The van der Waals surface area contributed by atoms with Crippen LogP contribution in [0.1, 0.15) is 43.1 Å². The van der Waals surface area contributed by atoms with Crippen LogP contribution in [0.3, 0.4) is 0 Å². The third-order valence-corrected chi connectivity index (χ3v) is 4.67. The zero-order valence-electron chi connectivity index (χ0n) is 15.1. The summed E-state index contributed by atoms with van der Waals surface area (Å²) in [5, 5.41) is 7.50. The van der Waals surface area contributed by atoms with Crippen molar-refractivity contribution in [3.63, 3.8) is 0 Å². The van der Waals surface area contributed by atoms with Gasteiger partial charge in [-0.25, -0.2) is 14.5 Å². The van der Waals surface area contributed by atoms with Crippen molar-refractivity contribution in [1.29, 1.82) is 0 Å². The lowest BCUT2D eigenvalue weighted by Gasteiger charge is -2.33.